The van der Waals surface area contributed by atoms with Crippen molar-refractivity contribution in [2.24, 2.45) is 0 Å². The van der Waals surface area contributed by atoms with Crippen LogP contribution in [0.25, 0.3) is 20.4 Å². The van der Waals surface area contributed by atoms with Gasteiger partial charge < -0.3 is 4.42 Å². The molecule has 0 aliphatic heterocycles. The van der Waals surface area contributed by atoms with Crippen molar-refractivity contribution < 1.29 is 9.21 Å². The summed E-state index contributed by atoms with van der Waals surface area (Å²) in [6.07, 6.45) is 1.60. The van der Waals surface area contributed by atoms with Crippen LogP contribution in [0.2, 0.25) is 5.02 Å². The summed E-state index contributed by atoms with van der Waals surface area (Å²) in [4.78, 5) is 24.3. The summed E-state index contributed by atoms with van der Waals surface area (Å²) in [5.41, 5.74) is 2.52. The van der Waals surface area contributed by atoms with Gasteiger partial charge in [0.25, 0.3) is 5.91 Å². The van der Waals surface area contributed by atoms with Gasteiger partial charge in [-0.05, 0) is 48.9 Å². The van der Waals surface area contributed by atoms with Crippen LogP contribution in [0.15, 0.2) is 59.2 Å². The number of fused-ring (bicyclic) bond motifs is 2. The smallest absolute Gasteiger partial charge is 0.289 e. The molecule has 0 radical (unpaired) electrons. The zero-order valence-corrected chi connectivity index (χ0v) is 17.6. The molecule has 5 rings (SSSR count). The van der Waals surface area contributed by atoms with Crippen molar-refractivity contribution in [2.45, 2.75) is 13.5 Å². The minimum absolute atomic E-state index is 0.203. The number of anilines is 1. The van der Waals surface area contributed by atoms with Crippen LogP contribution < -0.4 is 4.90 Å². The van der Waals surface area contributed by atoms with Gasteiger partial charge in [-0.2, -0.15) is 0 Å². The monoisotopic (exact) mass is 439 g/mol. The molecule has 0 unspecified atom stereocenters. The van der Waals surface area contributed by atoms with Crippen molar-refractivity contribution in [2.75, 3.05) is 4.90 Å². The fourth-order valence-electron chi connectivity index (χ4n) is 3.07. The molecule has 0 saturated heterocycles. The molecule has 0 bridgehead atoms. The zero-order valence-electron chi connectivity index (χ0n) is 15.3. The molecular formula is C21H14ClN3O2S2. The van der Waals surface area contributed by atoms with Crippen molar-refractivity contribution in [1.82, 2.24) is 9.97 Å². The molecule has 0 fully saturated rings. The Morgan fingerprint density at radius 2 is 1.93 bits per heavy atom. The Labute approximate surface area is 179 Å². The zero-order chi connectivity index (χ0) is 20.0. The third-order valence-corrected chi connectivity index (χ3v) is 7.06. The van der Waals surface area contributed by atoms with Crippen LogP contribution in [-0.2, 0) is 6.54 Å². The molecule has 0 spiro atoms. The van der Waals surface area contributed by atoms with Gasteiger partial charge in [0.2, 0.25) is 0 Å². The molecule has 0 atom stereocenters. The van der Waals surface area contributed by atoms with E-state index in [0.29, 0.717) is 20.9 Å². The van der Waals surface area contributed by atoms with Crippen molar-refractivity contribution >= 4 is 65.7 Å². The van der Waals surface area contributed by atoms with E-state index in [1.807, 2.05) is 49.4 Å². The second-order valence-corrected chi connectivity index (χ2v) is 8.92. The molecule has 1 amide bonds. The molecule has 0 aliphatic rings. The molecule has 0 N–H and O–H groups in total. The molecule has 29 heavy (non-hydrogen) atoms. The first-order valence-corrected chi connectivity index (χ1v) is 10.9. The maximum atomic E-state index is 13.4. The van der Waals surface area contributed by atoms with E-state index in [0.717, 1.165) is 26.0 Å². The highest BCUT2D eigenvalue weighted by atomic mass is 35.5. The molecule has 0 saturated carbocycles. The summed E-state index contributed by atoms with van der Waals surface area (Å²) in [6.45, 7) is 2.20. The second-order valence-electron chi connectivity index (χ2n) is 6.47. The first kappa shape index (κ1) is 18.3. The third kappa shape index (κ3) is 3.31. The summed E-state index contributed by atoms with van der Waals surface area (Å²) in [6, 6.07) is 15.1. The summed E-state index contributed by atoms with van der Waals surface area (Å²) < 4.78 is 7.44. The van der Waals surface area contributed by atoms with Crippen LogP contribution in [0, 0.1) is 6.92 Å². The van der Waals surface area contributed by atoms with Crippen LogP contribution >= 0.6 is 34.3 Å². The number of carbonyl (C=O) groups is 1. The lowest BCUT2D eigenvalue weighted by molar-refractivity contribution is 0.0983. The van der Waals surface area contributed by atoms with Crippen LogP contribution in [0.5, 0.6) is 0 Å². The number of aryl methyl sites for hydroxylation is 1. The summed E-state index contributed by atoms with van der Waals surface area (Å²) in [7, 11) is 0. The maximum Gasteiger partial charge on any atom is 0.289 e. The Kier molecular flexibility index (Phi) is 4.58. The van der Waals surface area contributed by atoms with Gasteiger partial charge in [0.15, 0.2) is 10.1 Å². The Morgan fingerprint density at radius 1 is 1.07 bits per heavy atom. The first-order chi connectivity index (χ1) is 14.1. The number of furan rings is 1. The van der Waals surface area contributed by atoms with E-state index in [4.69, 9.17) is 21.0 Å². The Morgan fingerprint density at radius 3 is 2.72 bits per heavy atom. The average molecular weight is 440 g/mol. The van der Waals surface area contributed by atoms with E-state index in [9.17, 15) is 4.79 Å². The van der Waals surface area contributed by atoms with Crippen molar-refractivity contribution in [1.29, 1.82) is 0 Å². The number of para-hydroxylation sites is 1. The van der Waals surface area contributed by atoms with Gasteiger partial charge in [-0.25, -0.2) is 9.97 Å². The summed E-state index contributed by atoms with van der Waals surface area (Å²) >= 11 is 9.08. The van der Waals surface area contributed by atoms with Gasteiger partial charge in [0.05, 0.1) is 33.2 Å². The number of hydrogen-bond donors (Lipinski definition) is 0. The van der Waals surface area contributed by atoms with E-state index < -0.39 is 0 Å². The number of hydrogen-bond acceptors (Lipinski definition) is 6. The molecule has 2 aromatic carbocycles. The number of nitrogens with zero attached hydrogens (tertiary/aromatic N) is 3. The van der Waals surface area contributed by atoms with Crippen LogP contribution in [0.4, 0.5) is 5.13 Å². The first-order valence-electron chi connectivity index (χ1n) is 8.85. The van der Waals surface area contributed by atoms with E-state index in [2.05, 4.69) is 4.98 Å². The lowest BCUT2D eigenvalue weighted by atomic mass is 10.2. The highest BCUT2D eigenvalue weighted by Gasteiger charge is 2.26. The third-order valence-electron chi connectivity index (χ3n) is 4.58. The molecule has 3 aromatic heterocycles. The molecular weight excluding hydrogens is 426 g/mol. The fourth-order valence-corrected chi connectivity index (χ4v) is 5.16. The van der Waals surface area contributed by atoms with Gasteiger partial charge in [-0.3, -0.25) is 9.69 Å². The summed E-state index contributed by atoms with van der Waals surface area (Å²) in [5, 5.41) is 1.67. The SMILES string of the molecule is Cc1c(Cl)ccc2sc(N(Cc3ccco3)C(=O)c3nc4ccccc4s3)nc12. The van der Waals surface area contributed by atoms with Crippen molar-refractivity contribution in [3.8, 4) is 0 Å². The van der Waals surface area contributed by atoms with Gasteiger partial charge in [-0.1, -0.05) is 35.1 Å². The lowest BCUT2D eigenvalue weighted by Gasteiger charge is -2.17. The normalized spacial score (nSPS) is 11.4. The van der Waals surface area contributed by atoms with Crippen molar-refractivity contribution in [3.63, 3.8) is 0 Å². The predicted molar refractivity (Wildman–Crippen MR) is 118 cm³/mol. The number of halogens is 1. The highest BCUT2D eigenvalue weighted by molar-refractivity contribution is 7.23. The van der Waals surface area contributed by atoms with E-state index in [-0.39, 0.29) is 12.5 Å². The molecule has 144 valence electrons. The summed E-state index contributed by atoms with van der Waals surface area (Å²) in [5.74, 6) is 0.471. The Bertz CT molecular complexity index is 1310. The highest BCUT2D eigenvalue weighted by Crippen LogP contribution is 2.35. The topological polar surface area (TPSA) is 59.2 Å². The number of carbonyl (C=O) groups excluding carboxylic acids is 1. The number of thiazole rings is 2. The van der Waals surface area contributed by atoms with Crippen molar-refractivity contribution in [3.05, 3.63) is 76.1 Å². The predicted octanol–water partition coefficient (Wildman–Crippen LogP) is 6.31. The van der Waals surface area contributed by atoms with E-state index in [1.54, 1.807) is 17.2 Å². The minimum atomic E-state index is -0.203. The number of benzene rings is 2. The van der Waals surface area contributed by atoms with Gasteiger partial charge in [0, 0.05) is 5.02 Å². The molecule has 5 aromatic rings. The molecule has 3 heterocycles. The number of rotatable bonds is 4. The van der Waals surface area contributed by atoms with Gasteiger partial charge in [0.1, 0.15) is 5.76 Å². The maximum absolute atomic E-state index is 13.4. The molecule has 0 aliphatic carbocycles. The molecule has 8 heteroatoms. The number of amides is 1. The van der Waals surface area contributed by atoms with Gasteiger partial charge in [-0.15, -0.1) is 11.3 Å². The number of aromatic nitrogens is 2. The van der Waals surface area contributed by atoms with Gasteiger partial charge >= 0.3 is 0 Å². The second kappa shape index (κ2) is 7.26. The quantitative estimate of drug-likeness (QED) is 0.329. The van der Waals surface area contributed by atoms with Crippen LogP contribution in [-0.4, -0.2) is 15.9 Å². The Hall–Kier alpha value is -2.74. The fraction of sp³-hybridized carbons (Fsp3) is 0.0952. The average Bonchev–Trinajstić information content (AvgIpc) is 3.47. The van der Waals surface area contributed by atoms with E-state index in [1.165, 1.54) is 22.7 Å². The van der Waals surface area contributed by atoms with E-state index >= 15 is 0 Å². The van der Waals surface area contributed by atoms with Crippen LogP contribution in [0.3, 0.4) is 0 Å². The van der Waals surface area contributed by atoms with Crippen LogP contribution in [0.1, 0.15) is 21.1 Å². The molecule has 5 nitrogen and oxygen atoms in total. The standard InChI is InChI=1S/C21H14ClN3O2S2/c1-12-14(22)8-9-17-18(12)24-21(29-17)25(11-13-5-4-10-27-13)20(26)19-23-15-6-2-3-7-16(15)28-19/h2-10H,11H2,1H3. The lowest BCUT2D eigenvalue weighted by Crippen LogP contribution is -2.30. The largest absolute Gasteiger partial charge is 0.467 e. The Balaban J connectivity index is 1.61. The minimum Gasteiger partial charge on any atom is -0.467 e.